The van der Waals surface area contributed by atoms with Gasteiger partial charge < -0.3 is 31.2 Å². The van der Waals surface area contributed by atoms with Crippen molar-refractivity contribution in [3.05, 3.63) is 0 Å². The van der Waals surface area contributed by atoms with Crippen molar-refractivity contribution in [3.63, 3.8) is 0 Å². The predicted molar refractivity (Wildman–Crippen MR) is 96.7 cm³/mol. The van der Waals surface area contributed by atoms with Crippen LogP contribution in [0.25, 0.3) is 0 Å². The summed E-state index contributed by atoms with van der Waals surface area (Å²) in [4.78, 5) is 42.3. The third-order valence-corrected chi connectivity index (χ3v) is 3.32. The van der Waals surface area contributed by atoms with E-state index in [0.29, 0.717) is 6.42 Å². The highest BCUT2D eigenvalue weighted by Crippen LogP contribution is 2.02. The first kappa shape index (κ1) is 27.0. The number of aliphatic carboxylic acids is 2. The minimum absolute atomic E-state index is 0.00247. The van der Waals surface area contributed by atoms with E-state index in [9.17, 15) is 19.2 Å². The highest BCUT2D eigenvalue weighted by atomic mass is 16.5. The maximum absolute atomic E-state index is 11.1. The van der Waals surface area contributed by atoms with Gasteiger partial charge in [0.2, 0.25) is 0 Å². The molecule has 10 heteroatoms. The summed E-state index contributed by atoms with van der Waals surface area (Å²) in [6.07, 6.45) is 0.145. The van der Waals surface area contributed by atoms with Crippen LogP contribution in [0.4, 0.5) is 0 Å². The summed E-state index contributed by atoms with van der Waals surface area (Å²) in [5.41, 5.74) is 11.0. The minimum Gasteiger partial charge on any atom is -0.481 e. The number of rotatable bonds is 11. The monoisotopic (exact) mass is 392 g/mol. The smallest absolute Gasteiger partial charge is 0.323 e. The Labute approximate surface area is 159 Å². The molecular formula is C17H32N2O8. The largest absolute Gasteiger partial charge is 0.481 e. The zero-order chi connectivity index (χ0) is 21.6. The number of carbonyl (C=O) groups excluding carboxylic acids is 2. The van der Waals surface area contributed by atoms with Crippen molar-refractivity contribution in [2.24, 2.45) is 23.3 Å². The molecule has 0 saturated heterocycles. The van der Waals surface area contributed by atoms with Crippen molar-refractivity contribution in [1.82, 2.24) is 0 Å². The van der Waals surface area contributed by atoms with Crippen molar-refractivity contribution in [3.8, 4) is 0 Å². The highest BCUT2D eigenvalue weighted by Gasteiger charge is 2.19. The first-order chi connectivity index (χ1) is 12.4. The molecule has 0 saturated carbocycles. The fourth-order valence-corrected chi connectivity index (χ4v) is 1.37. The van der Waals surface area contributed by atoms with E-state index in [-0.39, 0.29) is 37.9 Å². The lowest BCUT2D eigenvalue weighted by Gasteiger charge is -2.13. The van der Waals surface area contributed by atoms with Gasteiger partial charge in [-0.1, -0.05) is 27.7 Å². The number of hydrogen-bond acceptors (Lipinski definition) is 8. The standard InChI is InChI=1S/C9H17NO4.C8H15NO4/c1-6(2)8(10)9(13)14-5-3-4-7(11)12;1-5(2)7(9)8(12)13-4-3-6(10)11/h6,8H,3-5,10H2,1-2H3,(H,11,12);5,7H,3-4,9H2,1-2H3,(H,10,11)/t8-;7-/m00/s1. The van der Waals surface area contributed by atoms with E-state index in [1.54, 1.807) is 13.8 Å². The summed E-state index contributed by atoms with van der Waals surface area (Å²) in [5, 5.41) is 16.6. The van der Waals surface area contributed by atoms with E-state index >= 15 is 0 Å². The summed E-state index contributed by atoms with van der Waals surface area (Å²) >= 11 is 0. The highest BCUT2D eigenvalue weighted by molar-refractivity contribution is 5.76. The fourth-order valence-electron chi connectivity index (χ4n) is 1.37. The van der Waals surface area contributed by atoms with E-state index in [1.165, 1.54) is 0 Å². The van der Waals surface area contributed by atoms with E-state index in [0.717, 1.165) is 0 Å². The second kappa shape index (κ2) is 14.9. The average molecular weight is 392 g/mol. The molecule has 0 heterocycles. The van der Waals surface area contributed by atoms with Gasteiger partial charge in [-0.25, -0.2) is 0 Å². The molecule has 6 N–H and O–H groups in total. The molecule has 2 atom stereocenters. The maximum Gasteiger partial charge on any atom is 0.323 e. The third kappa shape index (κ3) is 15.7. The van der Waals surface area contributed by atoms with Crippen LogP contribution in [0.2, 0.25) is 0 Å². The van der Waals surface area contributed by atoms with Crippen LogP contribution in [-0.4, -0.2) is 59.4 Å². The van der Waals surface area contributed by atoms with Crippen LogP contribution in [0.15, 0.2) is 0 Å². The van der Waals surface area contributed by atoms with E-state index in [1.807, 2.05) is 13.8 Å². The van der Waals surface area contributed by atoms with Gasteiger partial charge in [-0.3, -0.25) is 19.2 Å². The minimum atomic E-state index is -0.995. The molecule has 0 rings (SSSR count). The van der Waals surface area contributed by atoms with Gasteiger partial charge in [-0.2, -0.15) is 0 Å². The van der Waals surface area contributed by atoms with E-state index < -0.39 is 36.0 Å². The Kier molecular flexibility index (Phi) is 14.9. The first-order valence-corrected chi connectivity index (χ1v) is 8.68. The number of nitrogens with two attached hydrogens (primary N) is 2. The third-order valence-electron chi connectivity index (χ3n) is 3.32. The molecule has 0 amide bonds. The number of hydrogen-bond donors (Lipinski definition) is 4. The Hall–Kier alpha value is -2.20. The summed E-state index contributed by atoms with van der Waals surface area (Å²) in [7, 11) is 0. The zero-order valence-electron chi connectivity index (χ0n) is 16.3. The van der Waals surface area contributed by atoms with Crippen molar-refractivity contribution in [2.75, 3.05) is 13.2 Å². The van der Waals surface area contributed by atoms with Crippen molar-refractivity contribution >= 4 is 23.9 Å². The topological polar surface area (TPSA) is 179 Å². The Morgan fingerprint density at radius 2 is 1.11 bits per heavy atom. The van der Waals surface area contributed by atoms with Gasteiger partial charge in [0.1, 0.15) is 18.7 Å². The van der Waals surface area contributed by atoms with Crippen molar-refractivity contribution < 1.29 is 38.9 Å². The van der Waals surface area contributed by atoms with Gasteiger partial charge in [0, 0.05) is 6.42 Å². The maximum atomic E-state index is 11.1. The molecule has 27 heavy (non-hydrogen) atoms. The quantitative estimate of drug-likeness (QED) is 0.283. The molecule has 0 aliphatic carbocycles. The van der Waals surface area contributed by atoms with Crippen LogP contribution < -0.4 is 11.5 Å². The molecule has 0 bridgehead atoms. The molecule has 0 aromatic rings. The Morgan fingerprint density at radius 1 is 0.741 bits per heavy atom. The van der Waals surface area contributed by atoms with Crippen LogP contribution >= 0.6 is 0 Å². The molecule has 0 aromatic carbocycles. The molecule has 158 valence electrons. The molecule has 0 aliphatic heterocycles. The number of esters is 2. The van der Waals surface area contributed by atoms with Gasteiger partial charge in [0.05, 0.1) is 13.0 Å². The number of ether oxygens (including phenoxy) is 2. The molecule has 0 aliphatic rings. The molecule has 0 radical (unpaired) electrons. The molecule has 0 aromatic heterocycles. The molecule has 0 unspecified atom stereocenters. The van der Waals surface area contributed by atoms with Gasteiger partial charge in [0.25, 0.3) is 0 Å². The molecular weight excluding hydrogens is 360 g/mol. The summed E-state index contributed by atoms with van der Waals surface area (Å²) in [6.45, 7) is 7.23. The molecule has 10 nitrogen and oxygen atoms in total. The average Bonchev–Trinajstić information content (AvgIpc) is 2.56. The van der Waals surface area contributed by atoms with Crippen LogP contribution in [0.5, 0.6) is 0 Å². The number of carboxylic acid groups (broad SMARTS) is 2. The van der Waals surface area contributed by atoms with Crippen LogP contribution in [-0.2, 0) is 28.7 Å². The van der Waals surface area contributed by atoms with Crippen LogP contribution in [0, 0.1) is 11.8 Å². The fraction of sp³-hybridized carbons (Fsp3) is 0.765. The second-order valence-corrected chi connectivity index (χ2v) is 6.52. The SMILES string of the molecule is CC(C)[C@H](N)C(=O)OCCC(=O)O.CC(C)[C@H](N)C(=O)OCCCC(=O)O. The predicted octanol–water partition coefficient (Wildman–Crippen LogP) is 0.365. The lowest BCUT2D eigenvalue weighted by molar-refractivity contribution is -0.149. The Balaban J connectivity index is 0. The van der Waals surface area contributed by atoms with Crippen molar-refractivity contribution in [2.45, 2.75) is 59.0 Å². The lowest BCUT2D eigenvalue weighted by atomic mass is 10.1. The van der Waals surface area contributed by atoms with E-state index in [4.69, 9.17) is 26.4 Å². The van der Waals surface area contributed by atoms with Gasteiger partial charge in [-0.05, 0) is 18.3 Å². The normalized spacial score (nSPS) is 12.6. The van der Waals surface area contributed by atoms with Crippen LogP contribution in [0.3, 0.4) is 0 Å². The summed E-state index contributed by atoms with van der Waals surface area (Å²) in [5.74, 6) is -2.87. The Bertz CT molecular complexity index is 480. The molecule has 0 fully saturated rings. The van der Waals surface area contributed by atoms with Crippen LogP contribution in [0.1, 0.15) is 47.0 Å². The van der Waals surface area contributed by atoms with Crippen molar-refractivity contribution in [1.29, 1.82) is 0 Å². The Morgan fingerprint density at radius 3 is 1.44 bits per heavy atom. The van der Waals surface area contributed by atoms with Gasteiger partial charge in [0.15, 0.2) is 0 Å². The molecule has 0 spiro atoms. The van der Waals surface area contributed by atoms with Gasteiger partial charge >= 0.3 is 23.9 Å². The second-order valence-electron chi connectivity index (χ2n) is 6.52. The lowest BCUT2D eigenvalue weighted by Crippen LogP contribution is -2.37. The van der Waals surface area contributed by atoms with Gasteiger partial charge in [-0.15, -0.1) is 0 Å². The zero-order valence-corrected chi connectivity index (χ0v) is 16.3. The first-order valence-electron chi connectivity index (χ1n) is 8.68. The van der Waals surface area contributed by atoms with E-state index in [2.05, 4.69) is 4.74 Å². The summed E-state index contributed by atoms with van der Waals surface area (Å²) in [6, 6.07) is -1.30. The number of carboxylic acids is 2. The summed E-state index contributed by atoms with van der Waals surface area (Å²) < 4.78 is 9.42. The number of carbonyl (C=O) groups is 4.